The highest BCUT2D eigenvalue weighted by molar-refractivity contribution is 5.85. The number of fused-ring (bicyclic) bond motifs is 3. The van der Waals surface area contributed by atoms with Gasteiger partial charge in [0.15, 0.2) is 0 Å². The third-order valence-electron chi connectivity index (χ3n) is 7.44. The van der Waals surface area contributed by atoms with Crippen LogP contribution >= 0.6 is 0 Å². The Labute approximate surface area is 248 Å². The van der Waals surface area contributed by atoms with Crippen molar-refractivity contribution in [3.63, 3.8) is 0 Å². The van der Waals surface area contributed by atoms with Crippen LogP contribution in [0.1, 0.15) is 49.2 Å². The summed E-state index contributed by atoms with van der Waals surface area (Å²) in [6.45, 7) is 4.83. The number of aromatic amines is 1. The Hall–Kier alpha value is -4.02. The number of halogens is 3. The van der Waals surface area contributed by atoms with Crippen molar-refractivity contribution in [1.82, 2.24) is 9.88 Å². The number of nitrogens with zero attached hydrogens (tertiary/aromatic N) is 1. The number of aliphatic carboxylic acids is 1. The van der Waals surface area contributed by atoms with Crippen molar-refractivity contribution in [2.75, 3.05) is 26.4 Å². The van der Waals surface area contributed by atoms with Crippen LogP contribution in [0.25, 0.3) is 10.9 Å². The second-order valence-electron chi connectivity index (χ2n) is 11.4. The van der Waals surface area contributed by atoms with Gasteiger partial charge in [-0.15, -0.1) is 0 Å². The molecule has 0 saturated heterocycles. The molecule has 3 aromatic carbocycles. The first-order valence-electron chi connectivity index (χ1n) is 14.2. The van der Waals surface area contributed by atoms with Gasteiger partial charge in [0, 0.05) is 46.9 Å². The number of rotatable bonds is 12. The third-order valence-corrected chi connectivity index (χ3v) is 7.44. The van der Waals surface area contributed by atoms with E-state index in [1.807, 2.05) is 36.1 Å². The van der Waals surface area contributed by atoms with Crippen molar-refractivity contribution < 1.29 is 37.3 Å². The lowest BCUT2D eigenvalue weighted by Gasteiger charge is -2.43. The molecule has 2 heterocycles. The number of benzene rings is 3. The second-order valence-corrected chi connectivity index (χ2v) is 11.4. The minimum Gasteiger partial charge on any atom is -0.490 e. The maximum absolute atomic E-state index is 15.8. The standard InChI is InChI=1S/C33H35F3N2O5/c1-20-14-25-24-6-4-5-7-28(24)37-31(25)32(38(20)19-33(2,3)36)30-26(34)15-23(16-27(30)35)43-13-12-42-22-10-8-21(9-11-22)17-41-18-29(39)40/h4-11,15-16,20,32,37H,12-14,17-19H2,1-3H3,(H,39,40)/t20-,32-/m1/s1. The monoisotopic (exact) mass is 596 g/mol. The average molecular weight is 597 g/mol. The zero-order valence-electron chi connectivity index (χ0n) is 24.3. The molecule has 1 aromatic heterocycles. The zero-order valence-corrected chi connectivity index (χ0v) is 24.3. The summed E-state index contributed by atoms with van der Waals surface area (Å²) < 4.78 is 62.9. The van der Waals surface area contributed by atoms with E-state index in [0.717, 1.165) is 34.2 Å². The molecule has 5 rings (SSSR count). The average Bonchev–Trinajstić information content (AvgIpc) is 3.30. The third kappa shape index (κ3) is 7.14. The molecule has 1 aliphatic rings. The van der Waals surface area contributed by atoms with Gasteiger partial charge in [0.25, 0.3) is 0 Å². The summed E-state index contributed by atoms with van der Waals surface area (Å²) in [7, 11) is 0. The van der Waals surface area contributed by atoms with Crippen LogP contribution in [-0.2, 0) is 22.6 Å². The Bertz CT molecular complexity index is 1560. The maximum atomic E-state index is 15.8. The maximum Gasteiger partial charge on any atom is 0.329 e. The van der Waals surface area contributed by atoms with E-state index in [2.05, 4.69) is 4.98 Å². The van der Waals surface area contributed by atoms with Crippen LogP contribution in [0.4, 0.5) is 13.2 Å². The van der Waals surface area contributed by atoms with Gasteiger partial charge in [-0.2, -0.15) is 0 Å². The zero-order chi connectivity index (χ0) is 30.7. The number of hydrogen-bond donors (Lipinski definition) is 2. The molecular formula is C33H35F3N2O5. The minimum atomic E-state index is -1.58. The number of H-pyrrole nitrogens is 1. The van der Waals surface area contributed by atoms with E-state index in [4.69, 9.17) is 19.3 Å². The molecule has 0 saturated carbocycles. The summed E-state index contributed by atoms with van der Waals surface area (Å²) in [5, 5.41) is 9.64. The summed E-state index contributed by atoms with van der Waals surface area (Å²) >= 11 is 0. The highest BCUT2D eigenvalue weighted by atomic mass is 19.1. The predicted molar refractivity (Wildman–Crippen MR) is 156 cm³/mol. The number of hydrogen-bond acceptors (Lipinski definition) is 5. The number of nitrogens with one attached hydrogen (secondary N) is 1. The van der Waals surface area contributed by atoms with Gasteiger partial charge in [0.1, 0.15) is 48.6 Å². The second kappa shape index (κ2) is 12.7. The molecule has 2 N–H and O–H groups in total. The topological polar surface area (TPSA) is 84.0 Å². The Morgan fingerprint density at radius 3 is 2.33 bits per heavy atom. The fraction of sp³-hybridized carbons (Fsp3) is 0.364. The minimum absolute atomic E-state index is 0.00154. The summed E-state index contributed by atoms with van der Waals surface area (Å²) in [6, 6.07) is 16.0. The van der Waals surface area contributed by atoms with E-state index in [0.29, 0.717) is 17.9 Å². The molecule has 7 nitrogen and oxygen atoms in total. The Balaban J connectivity index is 1.30. The summed E-state index contributed by atoms with van der Waals surface area (Å²) in [5.74, 6) is -2.02. The summed E-state index contributed by atoms with van der Waals surface area (Å²) in [4.78, 5) is 15.8. The van der Waals surface area contributed by atoms with Gasteiger partial charge in [-0.05, 0) is 56.5 Å². The largest absolute Gasteiger partial charge is 0.490 e. The number of carbonyl (C=O) groups is 1. The number of aromatic nitrogens is 1. The Morgan fingerprint density at radius 1 is 1.02 bits per heavy atom. The molecule has 2 atom stereocenters. The Morgan fingerprint density at radius 2 is 1.67 bits per heavy atom. The van der Waals surface area contributed by atoms with E-state index in [-0.39, 0.29) is 50.3 Å². The Kier molecular flexibility index (Phi) is 8.98. The number of para-hydroxylation sites is 1. The van der Waals surface area contributed by atoms with Crippen LogP contribution in [0.3, 0.4) is 0 Å². The summed E-state index contributed by atoms with van der Waals surface area (Å²) in [6.07, 6.45) is 0.623. The number of carboxylic acid groups (broad SMARTS) is 1. The molecule has 1 aliphatic heterocycles. The van der Waals surface area contributed by atoms with Crippen molar-refractivity contribution in [3.8, 4) is 11.5 Å². The van der Waals surface area contributed by atoms with Gasteiger partial charge in [-0.1, -0.05) is 30.3 Å². The first-order valence-corrected chi connectivity index (χ1v) is 14.2. The highest BCUT2D eigenvalue weighted by Crippen LogP contribution is 2.43. The van der Waals surface area contributed by atoms with Crippen molar-refractivity contribution in [1.29, 1.82) is 0 Å². The highest BCUT2D eigenvalue weighted by Gasteiger charge is 2.41. The predicted octanol–water partition coefficient (Wildman–Crippen LogP) is 6.59. The van der Waals surface area contributed by atoms with Gasteiger partial charge in [-0.3, -0.25) is 4.90 Å². The molecule has 4 aromatic rings. The van der Waals surface area contributed by atoms with Gasteiger partial charge in [0.2, 0.25) is 0 Å². The molecule has 0 spiro atoms. The molecule has 0 fully saturated rings. The molecule has 43 heavy (non-hydrogen) atoms. The lowest BCUT2D eigenvalue weighted by molar-refractivity contribution is -0.142. The van der Waals surface area contributed by atoms with Crippen LogP contribution in [0, 0.1) is 11.6 Å². The van der Waals surface area contributed by atoms with E-state index in [1.165, 1.54) is 13.8 Å². The fourth-order valence-electron chi connectivity index (χ4n) is 5.66. The van der Waals surface area contributed by atoms with E-state index >= 15 is 8.78 Å². The van der Waals surface area contributed by atoms with Crippen molar-refractivity contribution in [2.45, 2.75) is 51.6 Å². The van der Waals surface area contributed by atoms with Gasteiger partial charge in [0.05, 0.1) is 12.6 Å². The molecule has 10 heteroatoms. The molecule has 0 bridgehead atoms. The normalized spacial score (nSPS) is 17.2. The van der Waals surface area contributed by atoms with Crippen molar-refractivity contribution in [2.24, 2.45) is 0 Å². The van der Waals surface area contributed by atoms with E-state index in [1.54, 1.807) is 24.3 Å². The SMILES string of the molecule is C[C@@H]1Cc2c([nH]c3ccccc23)[C@@H](c2c(F)cc(OCCOc3ccc(COCC(=O)O)cc3)cc2F)N1CC(C)(C)F. The van der Waals surface area contributed by atoms with Crippen molar-refractivity contribution in [3.05, 3.63) is 94.7 Å². The molecule has 0 amide bonds. The van der Waals surface area contributed by atoms with Gasteiger partial charge < -0.3 is 24.3 Å². The smallest absolute Gasteiger partial charge is 0.329 e. The first-order chi connectivity index (χ1) is 20.5. The number of carboxylic acids is 1. The summed E-state index contributed by atoms with van der Waals surface area (Å²) in [5.41, 5.74) is 1.57. The first kappa shape index (κ1) is 30.4. The molecule has 0 radical (unpaired) electrons. The quantitative estimate of drug-likeness (QED) is 0.180. The van der Waals surface area contributed by atoms with Gasteiger partial charge >= 0.3 is 5.97 Å². The van der Waals surface area contributed by atoms with Gasteiger partial charge in [-0.25, -0.2) is 18.0 Å². The van der Waals surface area contributed by atoms with Crippen LogP contribution in [0.2, 0.25) is 0 Å². The van der Waals surface area contributed by atoms with E-state index < -0.39 is 29.3 Å². The number of ether oxygens (including phenoxy) is 3. The molecule has 228 valence electrons. The molecular weight excluding hydrogens is 561 g/mol. The van der Waals surface area contributed by atoms with E-state index in [9.17, 15) is 9.18 Å². The molecule has 0 aliphatic carbocycles. The fourth-order valence-corrected chi connectivity index (χ4v) is 5.66. The van der Waals surface area contributed by atoms with Crippen LogP contribution < -0.4 is 9.47 Å². The van der Waals surface area contributed by atoms with Crippen LogP contribution in [0.15, 0.2) is 60.7 Å². The van der Waals surface area contributed by atoms with Crippen molar-refractivity contribution >= 4 is 16.9 Å². The number of alkyl halides is 1. The van der Waals surface area contributed by atoms with Crippen LogP contribution in [0.5, 0.6) is 11.5 Å². The van der Waals surface area contributed by atoms with Crippen LogP contribution in [-0.4, -0.2) is 59.0 Å². The lowest BCUT2D eigenvalue weighted by atomic mass is 9.87. The lowest BCUT2D eigenvalue weighted by Crippen LogP contribution is -2.48. The molecule has 0 unspecified atom stereocenters.